The van der Waals surface area contributed by atoms with Crippen LogP contribution >= 0.6 is 11.3 Å². The normalized spacial score (nSPS) is 11.4. The van der Waals surface area contributed by atoms with Crippen molar-refractivity contribution in [3.8, 4) is 10.7 Å². The number of hydrogen-bond donors (Lipinski definition) is 1. The van der Waals surface area contributed by atoms with E-state index in [4.69, 9.17) is 0 Å². The van der Waals surface area contributed by atoms with Crippen molar-refractivity contribution in [1.29, 1.82) is 0 Å². The van der Waals surface area contributed by atoms with Crippen molar-refractivity contribution >= 4 is 22.9 Å². The van der Waals surface area contributed by atoms with E-state index >= 15 is 0 Å². The van der Waals surface area contributed by atoms with E-state index in [1.165, 1.54) is 23.5 Å². The molecular weight excluding hydrogens is 351 g/mol. The lowest BCUT2D eigenvalue weighted by atomic mass is 10.2. The molecule has 0 fully saturated rings. The fraction of sp³-hybridized carbons (Fsp3) is 0.118. The van der Waals surface area contributed by atoms with E-state index in [1.54, 1.807) is 25.3 Å². The van der Waals surface area contributed by atoms with Crippen LogP contribution in [0.15, 0.2) is 48.7 Å². The molecule has 3 rings (SSSR count). The molecule has 4 nitrogen and oxygen atoms in total. The molecule has 25 heavy (non-hydrogen) atoms. The van der Waals surface area contributed by atoms with Gasteiger partial charge in [0.05, 0.1) is 17.0 Å². The fourth-order valence-electron chi connectivity index (χ4n) is 2.14. The first-order chi connectivity index (χ1) is 11.8. The lowest BCUT2D eigenvalue weighted by Crippen LogP contribution is -2.12. The minimum absolute atomic E-state index is 0.283. The standard InChI is InChI=1S/C17H12F3N3OS/c1-10-14(25-16(22-10)13-4-2-3-9-21-13)15(24)23-12-7-5-11(6-8-12)17(18,19)20/h2-9H,1H3,(H,23,24). The third-order valence-electron chi connectivity index (χ3n) is 3.36. The number of amides is 1. The molecule has 8 heteroatoms. The number of hydrogen-bond acceptors (Lipinski definition) is 4. The molecule has 3 aromatic rings. The summed E-state index contributed by atoms with van der Waals surface area (Å²) < 4.78 is 37.7. The number of nitrogens with one attached hydrogen (secondary N) is 1. The largest absolute Gasteiger partial charge is 0.416 e. The number of nitrogens with zero attached hydrogens (tertiary/aromatic N) is 2. The van der Waals surface area contributed by atoms with Gasteiger partial charge in [-0.2, -0.15) is 13.2 Å². The second-order valence-electron chi connectivity index (χ2n) is 5.18. The number of thiazole rings is 1. The van der Waals surface area contributed by atoms with Gasteiger partial charge in [0.25, 0.3) is 5.91 Å². The summed E-state index contributed by atoms with van der Waals surface area (Å²) in [6, 6.07) is 9.68. The van der Waals surface area contributed by atoms with Crippen molar-refractivity contribution in [2.75, 3.05) is 5.32 Å². The van der Waals surface area contributed by atoms with E-state index in [2.05, 4.69) is 15.3 Å². The van der Waals surface area contributed by atoms with Gasteiger partial charge >= 0.3 is 6.18 Å². The topological polar surface area (TPSA) is 54.9 Å². The van der Waals surface area contributed by atoms with Gasteiger partial charge in [-0.3, -0.25) is 9.78 Å². The van der Waals surface area contributed by atoms with Gasteiger partial charge in [-0.15, -0.1) is 11.3 Å². The summed E-state index contributed by atoms with van der Waals surface area (Å²) in [6.07, 6.45) is -2.78. The van der Waals surface area contributed by atoms with Crippen molar-refractivity contribution in [3.05, 3.63) is 64.8 Å². The van der Waals surface area contributed by atoms with E-state index < -0.39 is 17.6 Å². The molecule has 1 amide bonds. The molecule has 1 N–H and O–H groups in total. The molecule has 0 radical (unpaired) electrons. The van der Waals surface area contributed by atoms with Gasteiger partial charge < -0.3 is 5.32 Å². The molecule has 0 saturated heterocycles. The zero-order valence-electron chi connectivity index (χ0n) is 13.0. The molecular formula is C17H12F3N3OS. The van der Waals surface area contributed by atoms with Crippen LogP contribution < -0.4 is 5.32 Å². The minimum Gasteiger partial charge on any atom is -0.321 e. The van der Waals surface area contributed by atoms with Crippen molar-refractivity contribution in [3.63, 3.8) is 0 Å². The number of carbonyl (C=O) groups is 1. The summed E-state index contributed by atoms with van der Waals surface area (Å²) in [5, 5.41) is 3.19. The first-order valence-electron chi connectivity index (χ1n) is 7.22. The van der Waals surface area contributed by atoms with Crippen molar-refractivity contribution in [2.24, 2.45) is 0 Å². The first kappa shape index (κ1) is 17.1. The quantitative estimate of drug-likeness (QED) is 0.728. The molecule has 0 aliphatic heterocycles. The summed E-state index contributed by atoms with van der Waals surface area (Å²) >= 11 is 1.18. The SMILES string of the molecule is Cc1nc(-c2ccccn2)sc1C(=O)Nc1ccc(C(F)(F)F)cc1. The van der Waals surface area contributed by atoms with E-state index in [9.17, 15) is 18.0 Å². The molecule has 0 saturated carbocycles. The van der Waals surface area contributed by atoms with Gasteiger partial charge in [0.15, 0.2) is 0 Å². The molecule has 0 unspecified atom stereocenters. The van der Waals surface area contributed by atoms with Crippen LogP contribution in [-0.2, 0) is 6.18 Å². The van der Waals surface area contributed by atoms with Crippen molar-refractivity contribution in [1.82, 2.24) is 9.97 Å². The number of aryl methyl sites for hydroxylation is 1. The summed E-state index contributed by atoms with van der Waals surface area (Å²) in [5.41, 5.74) is 0.710. The highest BCUT2D eigenvalue weighted by molar-refractivity contribution is 7.17. The Morgan fingerprint density at radius 3 is 2.44 bits per heavy atom. The second-order valence-corrected chi connectivity index (χ2v) is 6.18. The van der Waals surface area contributed by atoms with Crippen LogP contribution in [0.3, 0.4) is 0 Å². The number of pyridine rings is 1. The molecule has 1 aromatic carbocycles. The first-order valence-corrected chi connectivity index (χ1v) is 8.03. The highest BCUT2D eigenvalue weighted by Crippen LogP contribution is 2.30. The maximum atomic E-state index is 12.6. The van der Waals surface area contributed by atoms with E-state index in [0.717, 1.165) is 12.1 Å². The average molecular weight is 363 g/mol. The highest BCUT2D eigenvalue weighted by atomic mass is 32.1. The average Bonchev–Trinajstić information content (AvgIpc) is 2.97. The molecule has 0 spiro atoms. The van der Waals surface area contributed by atoms with Gasteiger partial charge in [0.2, 0.25) is 0 Å². The molecule has 128 valence electrons. The predicted octanol–water partition coefficient (Wildman–Crippen LogP) is 4.78. The Morgan fingerprint density at radius 2 is 1.84 bits per heavy atom. The van der Waals surface area contributed by atoms with Crippen LogP contribution in [0, 0.1) is 6.92 Å². The van der Waals surface area contributed by atoms with Crippen LogP contribution in [0.1, 0.15) is 20.9 Å². The van der Waals surface area contributed by atoms with Crippen LogP contribution in [0.4, 0.5) is 18.9 Å². The Labute approximate surface area is 145 Å². The number of aromatic nitrogens is 2. The van der Waals surface area contributed by atoms with Crippen LogP contribution in [0.5, 0.6) is 0 Å². The third-order valence-corrected chi connectivity index (χ3v) is 4.54. The van der Waals surface area contributed by atoms with Crippen molar-refractivity contribution < 1.29 is 18.0 Å². The van der Waals surface area contributed by atoms with Crippen LogP contribution in [0.2, 0.25) is 0 Å². The molecule has 2 heterocycles. The summed E-state index contributed by atoms with van der Waals surface area (Å²) in [6.45, 7) is 1.70. The smallest absolute Gasteiger partial charge is 0.321 e. The molecule has 2 aromatic heterocycles. The van der Waals surface area contributed by atoms with Crippen molar-refractivity contribution in [2.45, 2.75) is 13.1 Å². The number of anilines is 1. The maximum Gasteiger partial charge on any atom is 0.416 e. The Balaban J connectivity index is 1.79. The number of rotatable bonds is 3. The number of carbonyl (C=O) groups excluding carboxylic acids is 1. The molecule has 0 atom stereocenters. The fourth-order valence-corrected chi connectivity index (χ4v) is 3.07. The summed E-state index contributed by atoms with van der Waals surface area (Å²) in [7, 11) is 0. The van der Waals surface area contributed by atoms with E-state index in [0.29, 0.717) is 21.3 Å². The van der Waals surface area contributed by atoms with E-state index in [1.807, 2.05) is 6.07 Å². The predicted molar refractivity (Wildman–Crippen MR) is 89.5 cm³/mol. The van der Waals surface area contributed by atoms with Crippen LogP contribution in [-0.4, -0.2) is 15.9 Å². The Morgan fingerprint density at radius 1 is 1.12 bits per heavy atom. The highest BCUT2D eigenvalue weighted by Gasteiger charge is 2.30. The molecule has 0 bridgehead atoms. The van der Waals surface area contributed by atoms with Gasteiger partial charge in [-0.25, -0.2) is 4.98 Å². The van der Waals surface area contributed by atoms with Crippen LogP contribution in [0.25, 0.3) is 10.7 Å². The second kappa shape index (κ2) is 6.64. The lowest BCUT2D eigenvalue weighted by Gasteiger charge is -2.08. The zero-order chi connectivity index (χ0) is 18.0. The monoisotopic (exact) mass is 363 g/mol. The maximum absolute atomic E-state index is 12.6. The summed E-state index contributed by atoms with van der Waals surface area (Å²) in [4.78, 5) is 21.3. The third kappa shape index (κ3) is 3.85. The molecule has 0 aliphatic carbocycles. The van der Waals surface area contributed by atoms with Gasteiger partial charge in [0, 0.05) is 11.9 Å². The molecule has 0 aliphatic rings. The van der Waals surface area contributed by atoms with E-state index in [-0.39, 0.29) is 5.69 Å². The van der Waals surface area contributed by atoms with Gasteiger partial charge in [0.1, 0.15) is 9.88 Å². The number of benzene rings is 1. The number of alkyl halides is 3. The summed E-state index contributed by atoms with van der Waals surface area (Å²) in [5.74, 6) is -0.420. The Bertz CT molecular complexity index is 890. The Hall–Kier alpha value is -2.74. The number of halogens is 3. The van der Waals surface area contributed by atoms with Gasteiger partial charge in [-0.05, 0) is 43.3 Å². The zero-order valence-corrected chi connectivity index (χ0v) is 13.8. The lowest BCUT2D eigenvalue weighted by molar-refractivity contribution is -0.137. The Kier molecular flexibility index (Phi) is 4.54. The van der Waals surface area contributed by atoms with Gasteiger partial charge in [-0.1, -0.05) is 6.07 Å². The minimum atomic E-state index is -4.41.